The predicted octanol–water partition coefficient (Wildman–Crippen LogP) is 3.83. The standard InChI is InChI=1S/C13H10BrFN2OS/c14-10-5-2-6-11(12(10)13(16)17-18)19-9-4-1-3-8(15)7-9/h1-7,18H,(H2,16,17). The SMILES string of the molecule is N/C(=N/O)c1c(Br)cccc1Sc1cccc(F)c1. The molecule has 0 aliphatic rings. The number of hydrogen-bond donors (Lipinski definition) is 2. The third-order valence-corrected chi connectivity index (χ3v) is 4.07. The van der Waals surface area contributed by atoms with Gasteiger partial charge in [-0.25, -0.2) is 4.39 Å². The molecule has 2 aromatic rings. The van der Waals surface area contributed by atoms with Gasteiger partial charge in [0.15, 0.2) is 5.84 Å². The van der Waals surface area contributed by atoms with Gasteiger partial charge in [-0.05, 0) is 46.3 Å². The Bertz CT molecular complexity index is 634. The molecule has 0 aliphatic carbocycles. The molecule has 0 amide bonds. The first kappa shape index (κ1) is 13.9. The first-order valence-corrected chi connectivity index (χ1v) is 6.92. The van der Waals surface area contributed by atoms with Crippen LogP contribution in [-0.2, 0) is 0 Å². The summed E-state index contributed by atoms with van der Waals surface area (Å²) in [5.41, 5.74) is 6.24. The molecule has 0 bridgehead atoms. The van der Waals surface area contributed by atoms with Crippen molar-refractivity contribution < 1.29 is 9.60 Å². The van der Waals surface area contributed by atoms with Crippen LogP contribution >= 0.6 is 27.7 Å². The van der Waals surface area contributed by atoms with E-state index in [1.54, 1.807) is 18.2 Å². The van der Waals surface area contributed by atoms with Crippen LogP contribution in [0, 0.1) is 5.82 Å². The average Bonchev–Trinajstić information content (AvgIpc) is 2.38. The lowest BCUT2D eigenvalue weighted by Gasteiger charge is -2.09. The van der Waals surface area contributed by atoms with Gasteiger partial charge in [-0.3, -0.25) is 0 Å². The number of oxime groups is 1. The summed E-state index contributed by atoms with van der Waals surface area (Å²) in [5, 5.41) is 11.8. The molecule has 0 aromatic heterocycles. The molecule has 0 heterocycles. The van der Waals surface area contributed by atoms with E-state index in [2.05, 4.69) is 21.1 Å². The highest BCUT2D eigenvalue weighted by Gasteiger charge is 2.12. The number of amidine groups is 1. The zero-order chi connectivity index (χ0) is 13.8. The summed E-state index contributed by atoms with van der Waals surface area (Å²) in [7, 11) is 0. The van der Waals surface area contributed by atoms with Gasteiger partial charge in [-0.1, -0.05) is 29.1 Å². The molecule has 3 nitrogen and oxygen atoms in total. The summed E-state index contributed by atoms with van der Waals surface area (Å²) in [5.74, 6) is -0.295. The molecular formula is C13H10BrFN2OS. The Morgan fingerprint density at radius 1 is 1.26 bits per heavy atom. The fraction of sp³-hybridized carbons (Fsp3) is 0. The minimum Gasteiger partial charge on any atom is -0.409 e. The molecule has 0 aliphatic heterocycles. The van der Waals surface area contributed by atoms with Gasteiger partial charge in [-0.2, -0.15) is 0 Å². The maximum atomic E-state index is 13.2. The Labute approximate surface area is 122 Å². The van der Waals surface area contributed by atoms with Gasteiger partial charge in [0.2, 0.25) is 0 Å². The Morgan fingerprint density at radius 2 is 2.00 bits per heavy atom. The van der Waals surface area contributed by atoms with Crippen molar-refractivity contribution in [1.29, 1.82) is 0 Å². The van der Waals surface area contributed by atoms with Crippen molar-refractivity contribution in [2.75, 3.05) is 0 Å². The summed E-state index contributed by atoms with van der Waals surface area (Å²) in [6, 6.07) is 11.7. The molecule has 0 atom stereocenters. The Balaban J connectivity index is 2.43. The summed E-state index contributed by atoms with van der Waals surface area (Å²) in [6.07, 6.45) is 0. The van der Waals surface area contributed by atoms with Crippen molar-refractivity contribution in [3.63, 3.8) is 0 Å². The molecule has 0 saturated carbocycles. The third kappa shape index (κ3) is 3.27. The second-order valence-corrected chi connectivity index (χ2v) is 5.63. The van der Waals surface area contributed by atoms with E-state index in [0.29, 0.717) is 10.0 Å². The normalized spacial score (nSPS) is 11.6. The first-order chi connectivity index (χ1) is 9.11. The van der Waals surface area contributed by atoms with E-state index in [1.807, 2.05) is 12.1 Å². The highest BCUT2D eigenvalue weighted by atomic mass is 79.9. The van der Waals surface area contributed by atoms with Crippen LogP contribution in [0.4, 0.5) is 4.39 Å². The van der Waals surface area contributed by atoms with Gasteiger partial charge in [0.1, 0.15) is 5.82 Å². The van der Waals surface area contributed by atoms with Crippen molar-refractivity contribution in [3.05, 3.63) is 58.3 Å². The highest BCUT2D eigenvalue weighted by Crippen LogP contribution is 2.34. The molecule has 0 saturated heterocycles. The van der Waals surface area contributed by atoms with Crippen LogP contribution in [0.2, 0.25) is 0 Å². The quantitative estimate of drug-likeness (QED) is 0.386. The Kier molecular flexibility index (Phi) is 4.44. The van der Waals surface area contributed by atoms with Crippen molar-refractivity contribution in [3.8, 4) is 0 Å². The van der Waals surface area contributed by atoms with Crippen molar-refractivity contribution in [2.45, 2.75) is 9.79 Å². The van der Waals surface area contributed by atoms with Crippen LogP contribution in [0.5, 0.6) is 0 Å². The molecule has 0 fully saturated rings. The number of nitrogens with zero attached hydrogens (tertiary/aromatic N) is 1. The van der Waals surface area contributed by atoms with Crippen LogP contribution in [0.15, 0.2) is 61.9 Å². The minimum absolute atomic E-state index is 0.00591. The fourth-order valence-corrected chi connectivity index (χ4v) is 3.28. The number of benzene rings is 2. The zero-order valence-corrected chi connectivity index (χ0v) is 12.1. The molecule has 0 unspecified atom stereocenters. The van der Waals surface area contributed by atoms with Gasteiger partial charge in [0.25, 0.3) is 0 Å². The largest absolute Gasteiger partial charge is 0.409 e. The molecule has 98 valence electrons. The highest BCUT2D eigenvalue weighted by molar-refractivity contribution is 9.10. The van der Waals surface area contributed by atoms with Gasteiger partial charge in [0, 0.05) is 19.8 Å². The van der Waals surface area contributed by atoms with E-state index >= 15 is 0 Å². The summed E-state index contributed by atoms with van der Waals surface area (Å²) in [6.45, 7) is 0. The first-order valence-electron chi connectivity index (χ1n) is 5.31. The maximum absolute atomic E-state index is 13.2. The molecule has 19 heavy (non-hydrogen) atoms. The molecule has 3 N–H and O–H groups in total. The van der Waals surface area contributed by atoms with Crippen LogP contribution in [0.1, 0.15) is 5.56 Å². The van der Waals surface area contributed by atoms with Gasteiger partial charge in [-0.15, -0.1) is 0 Å². The van der Waals surface area contributed by atoms with Gasteiger partial charge in [0.05, 0.1) is 0 Å². The lowest BCUT2D eigenvalue weighted by Crippen LogP contribution is -2.15. The second kappa shape index (κ2) is 6.08. The molecule has 0 radical (unpaired) electrons. The number of rotatable bonds is 3. The number of hydrogen-bond acceptors (Lipinski definition) is 3. The Morgan fingerprint density at radius 3 is 2.68 bits per heavy atom. The third-order valence-electron chi connectivity index (χ3n) is 2.36. The van der Waals surface area contributed by atoms with E-state index in [9.17, 15) is 4.39 Å². The summed E-state index contributed by atoms with van der Waals surface area (Å²) in [4.78, 5) is 1.51. The monoisotopic (exact) mass is 340 g/mol. The summed E-state index contributed by atoms with van der Waals surface area (Å²) >= 11 is 4.70. The zero-order valence-electron chi connectivity index (χ0n) is 9.68. The van der Waals surface area contributed by atoms with Gasteiger partial charge < -0.3 is 10.9 Å². The van der Waals surface area contributed by atoms with Crippen LogP contribution in [0.25, 0.3) is 0 Å². The van der Waals surface area contributed by atoms with E-state index in [4.69, 9.17) is 10.9 Å². The Hall–Kier alpha value is -1.53. The minimum atomic E-state index is -0.301. The van der Waals surface area contributed by atoms with Crippen molar-refractivity contribution >= 4 is 33.5 Å². The molecule has 6 heteroatoms. The average molecular weight is 341 g/mol. The number of nitrogens with two attached hydrogens (primary N) is 1. The topological polar surface area (TPSA) is 58.6 Å². The van der Waals surface area contributed by atoms with E-state index in [1.165, 1.54) is 23.9 Å². The molecular weight excluding hydrogens is 331 g/mol. The lowest BCUT2D eigenvalue weighted by molar-refractivity contribution is 0.318. The molecule has 0 spiro atoms. The predicted molar refractivity (Wildman–Crippen MR) is 77.2 cm³/mol. The van der Waals surface area contributed by atoms with E-state index < -0.39 is 0 Å². The lowest BCUT2D eigenvalue weighted by atomic mass is 10.2. The van der Waals surface area contributed by atoms with Crippen LogP contribution < -0.4 is 5.73 Å². The molecule has 2 rings (SSSR count). The summed E-state index contributed by atoms with van der Waals surface area (Å²) < 4.78 is 13.9. The van der Waals surface area contributed by atoms with Crippen molar-refractivity contribution in [2.24, 2.45) is 10.9 Å². The maximum Gasteiger partial charge on any atom is 0.172 e. The van der Waals surface area contributed by atoms with Gasteiger partial charge >= 0.3 is 0 Å². The fourth-order valence-electron chi connectivity index (χ4n) is 1.55. The van der Waals surface area contributed by atoms with Crippen LogP contribution in [0.3, 0.4) is 0 Å². The van der Waals surface area contributed by atoms with E-state index in [-0.39, 0.29) is 11.7 Å². The number of halogens is 2. The van der Waals surface area contributed by atoms with E-state index in [0.717, 1.165) is 9.79 Å². The van der Waals surface area contributed by atoms with Crippen LogP contribution in [-0.4, -0.2) is 11.0 Å². The second-order valence-electron chi connectivity index (χ2n) is 3.66. The van der Waals surface area contributed by atoms with Crippen molar-refractivity contribution in [1.82, 2.24) is 0 Å². The smallest absolute Gasteiger partial charge is 0.172 e. The molecule has 2 aromatic carbocycles.